The molecule has 0 radical (unpaired) electrons. The third-order valence-electron chi connectivity index (χ3n) is 5.37. The van der Waals surface area contributed by atoms with Gasteiger partial charge in [0, 0.05) is 29.4 Å². The molecule has 32 heavy (non-hydrogen) atoms. The van der Waals surface area contributed by atoms with Gasteiger partial charge >= 0.3 is 0 Å². The van der Waals surface area contributed by atoms with E-state index in [2.05, 4.69) is 25.4 Å². The van der Waals surface area contributed by atoms with Gasteiger partial charge in [0.25, 0.3) is 5.91 Å². The number of hydrogen-bond acceptors (Lipinski definition) is 7. The highest BCUT2D eigenvalue weighted by atomic mass is 16.5. The number of aryl methyl sites for hydroxylation is 2. The quantitative estimate of drug-likeness (QED) is 0.480. The maximum atomic E-state index is 12.4. The zero-order valence-electron chi connectivity index (χ0n) is 18.0. The molecule has 1 fully saturated rings. The van der Waals surface area contributed by atoms with E-state index in [0.717, 1.165) is 30.0 Å². The van der Waals surface area contributed by atoms with E-state index in [9.17, 15) is 4.79 Å². The highest BCUT2D eigenvalue weighted by molar-refractivity contribution is 6.02. The van der Waals surface area contributed by atoms with Crippen LogP contribution in [0.3, 0.4) is 0 Å². The molecule has 1 aliphatic rings. The van der Waals surface area contributed by atoms with Crippen molar-refractivity contribution in [2.45, 2.75) is 39.5 Å². The minimum absolute atomic E-state index is 0.279. The van der Waals surface area contributed by atoms with E-state index in [1.165, 1.54) is 0 Å². The molecule has 0 bridgehead atoms. The molecule has 0 spiro atoms. The van der Waals surface area contributed by atoms with Gasteiger partial charge in [-0.05, 0) is 57.9 Å². The molecular formula is C23H22N6O3. The number of anilines is 1. The number of ether oxygens (including phenoxy) is 1. The average Bonchev–Trinajstić information content (AvgIpc) is 3.40. The van der Waals surface area contributed by atoms with E-state index in [4.69, 9.17) is 9.26 Å². The Morgan fingerprint density at radius 3 is 2.59 bits per heavy atom. The van der Waals surface area contributed by atoms with Crippen LogP contribution in [0.25, 0.3) is 5.82 Å². The van der Waals surface area contributed by atoms with Gasteiger partial charge in [0.05, 0.1) is 5.69 Å². The van der Waals surface area contributed by atoms with Crippen LogP contribution >= 0.6 is 0 Å². The van der Waals surface area contributed by atoms with Gasteiger partial charge < -0.3 is 14.6 Å². The number of aromatic nitrogens is 5. The van der Waals surface area contributed by atoms with Crippen LogP contribution in [-0.4, -0.2) is 30.6 Å². The van der Waals surface area contributed by atoms with Gasteiger partial charge in [0.15, 0.2) is 5.69 Å². The van der Waals surface area contributed by atoms with Gasteiger partial charge in [-0.15, -0.1) is 0 Å². The Bertz CT molecular complexity index is 1290. The Hall–Kier alpha value is -4.01. The molecule has 0 aliphatic heterocycles. The van der Waals surface area contributed by atoms with E-state index >= 15 is 0 Å². The Morgan fingerprint density at radius 1 is 1.12 bits per heavy atom. The van der Waals surface area contributed by atoms with Crippen LogP contribution in [0.4, 0.5) is 5.69 Å². The summed E-state index contributed by atoms with van der Waals surface area (Å²) in [5, 5.41) is 6.68. The Morgan fingerprint density at radius 2 is 1.91 bits per heavy atom. The van der Waals surface area contributed by atoms with Crippen molar-refractivity contribution < 1.29 is 14.1 Å². The molecule has 9 heteroatoms. The summed E-state index contributed by atoms with van der Waals surface area (Å²) in [5.74, 6) is 3.16. The SMILES string of the molecule is Cc1nc(Oc2ccc(NC(=O)c3cc(C4CC4)on3)cc2)cc(-n2cnc(C)c2C)n1. The van der Waals surface area contributed by atoms with Crippen molar-refractivity contribution in [1.29, 1.82) is 0 Å². The largest absolute Gasteiger partial charge is 0.439 e. The van der Waals surface area contributed by atoms with Crippen molar-refractivity contribution in [2.24, 2.45) is 0 Å². The second kappa shape index (κ2) is 7.92. The van der Waals surface area contributed by atoms with E-state index in [1.807, 2.05) is 25.3 Å². The zero-order chi connectivity index (χ0) is 22.2. The van der Waals surface area contributed by atoms with Crippen LogP contribution in [-0.2, 0) is 0 Å². The second-order valence-corrected chi connectivity index (χ2v) is 7.87. The fourth-order valence-electron chi connectivity index (χ4n) is 3.31. The first-order chi connectivity index (χ1) is 15.5. The highest BCUT2D eigenvalue weighted by Gasteiger charge is 2.28. The molecule has 1 N–H and O–H groups in total. The Labute approximate surface area is 184 Å². The molecular weight excluding hydrogens is 408 g/mol. The van der Waals surface area contributed by atoms with Crippen LogP contribution in [0.2, 0.25) is 0 Å². The zero-order valence-corrected chi connectivity index (χ0v) is 18.0. The van der Waals surface area contributed by atoms with Crippen LogP contribution in [0.1, 0.15) is 52.2 Å². The lowest BCUT2D eigenvalue weighted by Gasteiger charge is -2.10. The highest BCUT2D eigenvalue weighted by Crippen LogP contribution is 2.40. The topological polar surface area (TPSA) is 108 Å². The van der Waals surface area contributed by atoms with Crippen LogP contribution in [0, 0.1) is 20.8 Å². The van der Waals surface area contributed by atoms with Crippen LogP contribution < -0.4 is 10.1 Å². The number of amides is 1. The third-order valence-corrected chi connectivity index (χ3v) is 5.37. The summed E-state index contributed by atoms with van der Waals surface area (Å²) >= 11 is 0. The minimum atomic E-state index is -0.309. The molecule has 1 aromatic carbocycles. The van der Waals surface area contributed by atoms with Crippen molar-refractivity contribution in [3.8, 4) is 17.4 Å². The first kappa shape index (κ1) is 19.9. The van der Waals surface area contributed by atoms with Crippen molar-refractivity contribution in [2.75, 3.05) is 5.32 Å². The molecule has 3 heterocycles. The number of carbonyl (C=O) groups excluding carboxylic acids is 1. The molecule has 0 atom stereocenters. The summed E-state index contributed by atoms with van der Waals surface area (Å²) in [6.45, 7) is 5.75. The number of hydrogen-bond donors (Lipinski definition) is 1. The number of imidazole rings is 1. The van der Waals surface area contributed by atoms with Gasteiger partial charge in [-0.3, -0.25) is 9.36 Å². The van der Waals surface area contributed by atoms with E-state index < -0.39 is 0 Å². The summed E-state index contributed by atoms with van der Waals surface area (Å²) in [7, 11) is 0. The number of rotatable bonds is 6. The maximum absolute atomic E-state index is 12.4. The predicted octanol–water partition coefficient (Wildman–Crippen LogP) is 4.50. The van der Waals surface area contributed by atoms with E-state index in [1.54, 1.807) is 42.7 Å². The monoisotopic (exact) mass is 430 g/mol. The molecule has 1 amide bonds. The minimum Gasteiger partial charge on any atom is -0.439 e. The first-order valence-corrected chi connectivity index (χ1v) is 10.4. The van der Waals surface area contributed by atoms with Gasteiger partial charge in [0.1, 0.15) is 29.5 Å². The first-order valence-electron chi connectivity index (χ1n) is 10.4. The molecule has 162 valence electrons. The van der Waals surface area contributed by atoms with Gasteiger partial charge in [-0.2, -0.15) is 4.98 Å². The molecule has 1 saturated carbocycles. The second-order valence-electron chi connectivity index (χ2n) is 7.87. The number of carbonyl (C=O) groups is 1. The molecule has 5 rings (SSSR count). The Balaban J connectivity index is 1.28. The molecule has 0 saturated heterocycles. The van der Waals surface area contributed by atoms with Crippen molar-refractivity contribution in [1.82, 2.24) is 24.7 Å². The van der Waals surface area contributed by atoms with Crippen molar-refractivity contribution in [3.05, 3.63) is 71.4 Å². The lowest BCUT2D eigenvalue weighted by atomic mass is 10.2. The average molecular weight is 430 g/mol. The Kier molecular flexibility index (Phi) is 4.93. The van der Waals surface area contributed by atoms with E-state index in [0.29, 0.717) is 34.9 Å². The summed E-state index contributed by atoms with van der Waals surface area (Å²) in [5.41, 5.74) is 2.85. The van der Waals surface area contributed by atoms with Gasteiger partial charge in [0.2, 0.25) is 5.88 Å². The standard InChI is InChI=1S/C23H22N6O3/c1-13-14(2)29(12-24-13)21-11-22(26-15(3)25-21)31-18-8-6-17(7-9-18)27-23(30)19-10-20(32-28-19)16-4-5-16/h6-12,16H,4-5H2,1-3H3,(H,27,30). The fourth-order valence-corrected chi connectivity index (χ4v) is 3.31. The molecule has 0 unspecified atom stereocenters. The van der Waals surface area contributed by atoms with Gasteiger partial charge in [-0.25, -0.2) is 9.97 Å². The number of nitrogens with one attached hydrogen (secondary N) is 1. The molecule has 4 aromatic rings. The number of benzene rings is 1. The molecule has 1 aliphatic carbocycles. The van der Waals surface area contributed by atoms with Crippen LogP contribution in [0.15, 0.2) is 47.2 Å². The number of nitrogens with zero attached hydrogens (tertiary/aromatic N) is 5. The van der Waals surface area contributed by atoms with E-state index in [-0.39, 0.29) is 11.6 Å². The lowest BCUT2D eigenvalue weighted by Crippen LogP contribution is -2.12. The van der Waals surface area contributed by atoms with Crippen molar-refractivity contribution in [3.63, 3.8) is 0 Å². The normalized spacial score (nSPS) is 13.2. The summed E-state index contributed by atoms with van der Waals surface area (Å²) in [6, 6.07) is 10.5. The van der Waals surface area contributed by atoms with Crippen LogP contribution in [0.5, 0.6) is 11.6 Å². The summed E-state index contributed by atoms with van der Waals surface area (Å²) in [6.07, 6.45) is 3.91. The smallest absolute Gasteiger partial charge is 0.277 e. The third kappa shape index (κ3) is 4.09. The van der Waals surface area contributed by atoms with Crippen molar-refractivity contribution >= 4 is 11.6 Å². The summed E-state index contributed by atoms with van der Waals surface area (Å²) < 4.78 is 13.1. The van der Waals surface area contributed by atoms with Gasteiger partial charge in [-0.1, -0.05) is 5.16 Å². The molecule has 9 nitrogen and oxygen atoms in total. The maximum Gasteiger partial charge on any atom is 0.277 e. The fraction of sp³-hybridized carbons (Fsp3) is 0.261. The predicted molar refractivity (Wildman–Crippen MR) is 116 cm³/mol. The molecule has 3 aromatic heterocycles. The summed E-state index contributed by atoms with van der Waals surface area (Å²) in [4.78, 5) is 25.6. The lowest BCUT2D eigenvalue weighted by molar-refractivity contribution is 0.101.